The van der Waals surface area contributed by atoms with Gasteiger partial charge >= 0.3 is 0 Å². The van der Waals surface area contributed by atoms with E-state index in [-0.39, 0.29) is 24.0 Å². The average Bonchev–Trinajstić information content (AvgIpc) is 3.05. The van der Waals surface area contributed by atoms with Gasteiger partial charge in [0.2, 0.25) is 0 Å². The van der Waals surface area contributed by atoms with Gasteiger partial charge in [-0.25, -0.2) is 0 Å². The van der Waals surface area contributed by atoms with Crippen molar-refractivity contribution < 1.29 is 9.26 Å². The van der Waals surface area contributed by atoms with Gasteiger partial charge in [-0.15, -0.1) is 24.0 Å². The van der Waals surface area contributed by atoms with E-state index in [0.717, 1.165) is 22.8 Å². The van der Waals surface area contributed by atoms with Crippen LogP contribution in [-0.4, -0.2) is 31.3 Å². The first-order valence-electron chi connectivity index (χ1n) is 8.18. The predicted molar refractivity (Wildman–Crippen MR) is 111 cm³/mol. The monoisotopic (exact) mass is 458 g/mol. The van der Waals surface area contributed by atoms with E-state index >= 15 is 0 Å². The predicted octanol–water partition coefficient (Wildman–Crippen LogP) is 3.47. The topological polar surface area (TPSA) is 71.7 Å². The van der Waals surface area contributed by atoms with Crippen LogP contribution in [0.15, 0.2) is 39.8 Å². The first-order valence-corrected chi connectivity index (χ1v) is 8.18. The van der Waals surface area contributed by atoms with Crippen molar-refractivity contribution in [1.29, 1.82) is 0 Å². The van der Waals surface area contributed by atoms with Crippen molar-refractivity contribution in [3.63, 3.8) is 0 Å². The van der Waals surface area contributed by atoms with E-state index in [1.165, 1.54) is 0 Å². The molecule has 2 rings (SSSR count). The number of guanidine groups is 1. The van der Waals surface area contributed by atoms with Gasteiger partial charge in [-0.05, 0) is 24.5 Å². The molecule has 0 saturated carbocycles. The summed E-state index contributed by atoms with van der Waals surface area (Å²) in [6, 6.07) is 9.94. The Balaban J connectivity index is 0.00000312. The largest absolute Gasteiger partial charge is 0.491 e. The third-order valence-electron chi connectivity index (χ3n) is 3.57. The van der Waals surface area contributed by atoms with Crippen LogP contribution < -0.4 is 15.4 Å². The number of benzene rings is 1. The zero-order chi connectivity index (χ0) is 17.4. The molecule has 2 N–H and O–H groups in total. The Morgan fingerprint density at radius 2 is 2.04 bits per heavy atom. The second-order valence-electron chi connectivity index (χ2n) is 5.84. The molecule has 0 aliphatic carbocycles. The van der Waals surface area contributed by atoms with Crippen molar-refractivity contribution in [1.82, 2.24) is 15.8 Å². The van der Waals surface area contributed by atoms with E-state index in [2.05, 4.69) is 34.6 Å². The fourth-order valence-electron chi connectivity index (χ4n) is 2.12. The van der Waals surface area contributed by atoms with Crippen LogP contribution >= 0.6 is 24.0 Å². The Morgan fingerprint density at radius 3 is 2.68 bits per heavy atom. The van der Waals surface area contributed by atoms with Crippen molar-refractivity contribution in [3.05, 3.63) is 47.3 Å². The van der Waals surface area contributed by atoms with Gasteiger partial charge in [-0.3, -0.25) is 4.99 Å². The van der Waals surface area contributed by atoms with E-state index in [0.29, 0.717) is 31.6 Å². The molecule has 1 aromatic heterocycles. The molecule has 2 aromatic rings. The van der Waals surface area contributed by atoms with Crippen LogP contribution in [0.4, 0.5) is 0 Å². The number of ether oxygens (including phenoxy) is 1. The summed E-state index contributed by atoms with van der Waals surface area (Å²) >= 11 is 0. The lowest BCUT2D eigenvalue weighted by Crippen LogP contribution is -2.38. The number of aromatic nitrogens is 1. The number of aliphatic imine (C=N–C) groups is 1. The maximum atomic E-state index is 5.75. The summed E-state index contributed by atoms with van der Waals surface area (Å²) in [5.74, 6) is 2.76. The maximum Gasteiger partial charge on any atom is 0.191 e. The number of hydrogen-bond donors (Lipinski definition) is 2. The quantitative estimate of drug-likeness (QED) is 0.288. The van der Waals surface area contributed by atoms with Crippen molar-refractivity contribution in [2.24, 2.45) is 4.99 Å². The van der Waals surface area contributed by atoms with Gasteiger partial charge in [0.25, 0.3) is 0 Å². The minimum absolute atomic E-state index is 0. The Hall–Kier alpha value is -1.77. The molecular formula is C18H27IN4O2. The summed E-state index contributed by atoms with van der Waals surface area (Å²) in [6.07, 6.45) is 0. The fourth-order valence-corrected chi connectivity index (χ4v) is 2.12. The summed E-state index contributed by atoms with van der Waals surface area (Å²) < 4.78 is 11.0. The summed E-state index contributed by atoms with van der Waals surface area (Å²) in [4.78, 5) is 4.18. The van der Waals surface area contributed by atoms with Crippen molar-refractivity contribution >= 4 is 29.9 Å². The average molecular weight is 458 g/mol. The maximum absolute atomic E-state index is 5.75. The molecule has 0 fully saturated rings. The highest BCUT2D eigenvalue weighted by Gasteiger charge is 2.08. The molecule has 1 heterocycles. The Labute approximate surface area is 166 Å². The van der Waals surface area contributed by atoms with E-state index in [1.807, 2.05) is 37.3 Å². The molecule has 7 heteroatoms. The molecule has 0 atom stereocenters. The van der Waals surface area contributed by atoms with E-state index in [9.17, 15) is 0 Å². The molecule has 0 saturated heterocycles. The smallest absolute Gasteiger partial charge is 0.191 e. The van der Waals surface area contributed by atoms with Gasteiger partial charge < -0.3 is 19.9 Å². The summed E-state index contributed by atoms with van der Waals surface area (Å²) in [7, 11) is 1.73. The van der Waals surface area contributed by atoms with Crippen molar-refractivity contribution in [3.8, 4) is 5.75 Å². The number of nitrogens with zero attached hydrogens (tertiary/aromatic N) is 2. The number of halogens is 1. The minimum atomic E-state index is 0. The second-order valence-corrected chi connectivity index (χ2v) is 5.84. The molecule has 0 radical (unpaired) electrons. The third-order valence-corrected chi connectivity index (χ3v) is 3.57. The lowest BCUT2D eigenvalue weighted by molar-refractivity contribution is 0.319. The summed E-state index contributed by atoms with van der Waals surface area (Å²) in [5.41, 5.74) is 2.09. The first kappa shape index (κ1) is 21.3. The lowest BCUT2D eigenvalue weighted by Gasteiger charge is -2.12. The summed E-state index contributed by atoms with van der Waals surface area (Å²) in [6.45, 7) is 7.96. The SMILES string of the molecule is CN=C(NCCOc1ccccc1C)NCc1cc(C(C)C)no1.I. The van der Waals surface area contributed by atoms with E-state index in [1.54, 1.807) is 7.05 Å². The highest BCUT2D eigenvalue weighted by molar-refractivity contribution is 14.0. The van der Waals surface area contributed by atoms with Crippen LogP contribution in [-0.2, 0) is 6.54 Å². The third kappa shape index (κ3) is 6.93. The molecule has 0 aliphatic heterocycles. The van der Waals surface area contributed by atoms with Crippen LogP contribution in [0, 0.1) is 6.92 Å². The Kier molecular flexibility index (Phi) is 9.33. The number of aryl methyl sites for hydroxylation is 1. The first-order chi connectivity index (χ1) is 11.6. The van der Waals surface area contributed by atoms with Gasteiger partial charge in [0, 0.05) is 13.1 Å². The lowest BCUT2D eigenvalue weighted by atomic mass is 10.1. The highest BCUT2D eigenvalue weighted by Crippen LogP contribution is 2.15. The number of hydrogen-bond acceptors (Lipinski definition) is 4. The van der Waals surface area contributed by atoms with Gasteiger partial charge in [0.1, 0.15) is 12.4 Å². The van der Waals surface area contributed by atoms with E-state index in [4.69, 9.17) is 9.26 Å². The molecule has 1 aromatic carbocycles. The molecule has 0 amide bonds. The summed E-state index contributed by atoms with van der Waals surface area (Å²) in [5, 5.41) is 10.4. The zero-order valence-electron chi connectivity index (χ0n) is 15.2. The van der Waals surface area contributed by atoms with Crippen LogP contribution in [0.25, 0.3) is 0 Å². The van der Waals surface area contributed by atoms with Crippen LogP contribution in [0.1, 0.15) is 36.8 Å². The molecule has 0 spiro atoms. The minimum Gasteiger partial charge on any atom is -0.491 e. The van der Waals surface area contributed by atoms with E-state index < -0.39 is 0 Å². The standard InChI is InChI=1S/C18H26N4O2.HI/c1-13(2)16-11-15(24-22-16)12-21-18(19-4)20-9-10-23-17-8-6-5-7-14(17)3;/h5-8,11,13H,9-10,12H2,1-4H3,(H2,19,20,21);1H. The normalized spacial score (nSPS) is 11.2. The number of rotatable bonds is 7. The van der Waals surface area contributed by atoms with Gasteiger partial charge in [0.15, 0.2) is 11.7 Å². The molecule has 0 aliphatic rings. The Morgan fingerprint density at radius 1 is 1.28 bits per heavy atom. The van der Waals surface area contributed by atoms with Gasteiger partial charge in [-0.2, -0.15) is 0 Å². The molecule has 6 nitrogen and oxygen atoms in total. The number of nitrogens with one attached hydrogen (secondary N) is 2. The van der Waals surface area contributed by atoms with Crippen LogP contribution in [0.2, 0.25) is 0 Å². The van der Waals surface area contributed by atoms with Crippen LogP contribution in [0.3, 0.4) is 0 Å². The zero-order valence-corrected chi connectivity index (χ0v) is 17.5. The number of para-hydroxylation sites is 1. The molecule has 0 unspecified atom stereocenters. The molecule has 138 valence electrons. The second kappa shape index (κ2) is 11.0. The fraction of sp³-hybridized carbons (Fsp3) is 0.444. The molecule has 0 bridgehead atoms. The van der Waals surface area contributed by atoms with Crippen LogP contribution in [0.5, 0.6) is 5.75 Å². The van der Waals surface area contributed by atoms with Crippen molar-refractivity contribution in [2.45, 2.75) is 33.2 Å². The molecule has 25 heavy (non-hydrogen) atoms. The highest BCUT2D eigenvalue weighted by atomic mass is 127. The van der Waals surface area contributed by atoms with Gasteiger partial charge in [0.05, 0.1) is 18.8 Å². The van der Waals surface area contributed by atoms with Crippen molar-refractivity contribution in [2.75, 3.05) is 20.2 Å². The van der Waals surface area contributed by atoms with Gasteiger partial charge in [-0.1, -0.05) is 37.2 Å². The Bertz CT molecular complexity index is 671. The molecular weight excluding hydrogens is 431 g/mol.